The van der Waals surface area contributed by atoms with Crippen molar-refractivity contribution >= 4 is 21.9 Å². The summed E-state index contributed by atoms with van der Waals surface area (Å²) in [7, 11) is 0. The number of hydrogen-bond acceptors (Lipinski definition) is 2. The molecule has 3 heteroatoms. The SMILES string of the molecule is CC(=O)O[C@@H](C1=C(C)C1)c1ccc(Br)cc1. The maximum atomic E-state index is 11.1. The third-order valence-electron chi connectivity index (χ3n) is 2.65. The second-order valence-electron chi connectivity index (χ2n) is 4.02. The van der Waals surface area contributed by atoms with E-state index < -0.39 is 0 Å². The molecule has 1 aliphatic rings. The van der Waals surface area contributed by atoms with Crippen molar-refractivity contribution in [2.24, 2.45) is 0 Å². The number of allylic oxidation sites excluding steroid dienone is 1. The van der Waals surface area contributed by atoms with Gasteiger partial charge in [0.1, 0.15) is 6.10 Å². The smallest absolute Gasteiger partial charge is 0.303 e. The highest BCUT2D eigenvalue weighted by Crippen LogP contribution is 2.42. The zero-order valence-electron chi connectivity index (χ0n) is 9.29. The van der Waals surface area contributed by atoms with Gasteiger partial charge in [-0.15, -0.1) is 0 Å². The van der Waals surface area contributed by atoms with Crippen LogP contribution in [0.15, 0.2) is 39.9 Å². The lowest BCUT2D eigenvalue weighted by Gasteiger charge is -2.14. The Bertz CT molecular complexity index is 446. The predicted octanol–water partition coefficient (Wildman–Crippen LogP) is 3.77. The Morgan fingerprint density at radius 3 is 2.38 bits per heavy atom. The molecule has 0 saturated heterocycles. The number of esters is 1. The van der Waals surface area contributed by atoms with Crippen LogP contribution in [0, 0.1) is 0 Å². The van der Waals surface area contributed by atoms with E-state index in [2.05, 4.69) is 22.9 Å². The molecule has 1 aromatic carbocycles. The van der Waals surface area contributed by atoms with E-state index in [0.29, 0.717) is 0 Å². The monoisotopic (exact) mass is 280 g/mol. The fourth-order valence-electron chi connectivity index (χ4n) is 1.70. The molecule has 0 unspecified atom stereocenters. The van der Waals surface area contributed by atoms with E-state index in [9.17, 15) is 4.79 Å². The molecule has 0 N–H and O–H groups in total. The summed E-state index contributed by atoms with van der Waals surface area (Å²) >= 11 is 3.39. The Morgan fingerprint density at radius 2 is 1.94 bits per heavy atom. The highest BCUT2D eigenvalue weighted by Gasteiger charge is 2.29. The Balaban J connectivity index is 2.25. The van der Waals surface area contributed by atoms with Crippen molar-refractivity contribution in [1.82, 2.24) is 0 Å². The van der Waals surface area contributed by atoms with Crippen LogP contribution >= 0.6 is 15.9 Å². The van der Waals surface area contributed by atoms with Gasteiger partial charge >= 0.3 is 5.97 Å². The quantitative estimate of drug-likeness (QED) is 0.622. The fraction of sp³-hybridized carbons (Fsp3) is 0.308. The molecule has 0 fully saturated rings. The van der Waals surface area contributed by atoms with Gasteiger partial charge in [0, 0.05) is 11.4 Å². The first-order chi connectivity index (χ1) is 7.58. The summed E-state index contributed by atoms with van der Waals surface area (Å²) in [6, 6.07) is 7.89. The highest BCUT2D eigenvalue weighted by molar-refractivity contribution is 9.10. The van der Waals surface area contributed by atoms with E-state index in [1.54, 1.807) is 0 Å². The Kier molecular flexibility index (Phi) is 3.15. The van der Waals surface area contributed by atoms with Gasteiger partial charge in [-0.2, -0.15) is 0 Å². The molecular formula is C13H13BrO2. The van der Waals surface area contributed by atoms with Gasteiger partial charge in [-0.3, -0.25) is 4.79 Å². The lowest BCUT2D eigenvalue weighted by Crippen LogP contribution is -2.07. The maximum Gasteiger partial charge on any atom is 0.303 e. The van der Waals surface area contributed by atoms with Crippen LogP contribution in [-0.4, -0.2) is 5.97 Å². The average molecular weight is 281 g/mol. The van der Waals surface area contributed by atoms with Crippen molar-refractivity contribution in [3.05, 3.63) is 45.4 Å². The van der Waals surface area contributed by atoms with Gasteiger partial charge in [0.15, 0.2) is 0 Å². The number of carbonyl (C=O) groups is 1. The topological polar surface area (TPSA) is 26.3 Å². The van der Waals surface area contributed by atoms with Crippen molar-refractivity contribution in [2.75, 3.05) is 0 Å². The van der Waals surface area contributed by atoms with E-state index in [4.69, 9.17) is 4.74 Å². The van der Waals surface area contributed by atoms with Crippen molar-refractivity contribution < 1.29 is 9.53 Å². The van der Waals surface area contributed by atoms with Gasteiger partial charge in [-0.25, -0.2) is 0 Å². The van der Waals surface area contributed by atoms with Gasteiger partial charge < -0.3 is 4.74 Å². The number of rotatable bonds is 3. The zero-order valence-corrected chi connectivity index (χ0v) is 10.9. The molecule has 1 atom stereocenters. The summed E-state index contributed by atoms with van der Waals surface area (Å²) in [6.07, 6.45) is 0.791. The molecule has 84 valence electrons. The molecule has 0 amide bonds. The normalized spacial score (nSPS) is 15.9. The molecular weight excluding hydrogens is 268 g/mol. The molecule has 0 bridgehead atoms. The lowest BCUT2D eigenvalue weighted by molar-refractivity contribution is -0.144. The van der Waals surface area contributed by atoms with Crippen molar-refractivity contribution in [3.8, 4) is 0 Å². The molecule has 2 rings (SSSR count). The molecule has 1 aliphatic carbocycles. The van der Waals surface area contributed by atoms with Crippen molar-refractivity contribution in [2.45, 2.75) is 26.4 Å². The summed E-state index contributed by atoms with van der Waals surface area (Å²) in [4.78, 5) is 11.1. The minimum Gasteiger partial charge on any atom is -0.453 e. The second-order valence-corrected chi connectivity index (χ2v) is 4.94. The van der Waals surface area contributed by atoms with E-state index in [1.165, 1.54) is 18.1 Å². The third-order valence-corrected chi connectivity index (χ3v) is 3.18. The number of hydrogen-bond donors (Lipinski definition) is 0. The highest BCUT2D eigenvalue weighted by atomic mass is 79.9. The van der Waals surface area contributed by atoms with Crippen LogP contribution < -0.4 is 0 Å². The van der Waals surface area contributed by atoms with Crippen molar-refractivity contribution in [1.29, 1.82) is 0 Å². The van der Waals surface area contributed by atoms with E-state index in [0.717, 1.165) is 16.5 Å². The van der Waals surface area contributed by atoms with Crippen LogP contribution in [0.4, 0.5) is 0 Å². The van der Waals surface area contributed by atoms with Gasteiger partial charge in [0.2, 0.25) is 0 Å². The maximum absolute atomic E-state index is 11.1. The minimum atomic E-state index is -0.236. The fourth-order valence-corrected chi connectivity index (χ4v) is 1.97. The zero-order chi connectivity index (χ0) is 11.7. The van der Waals surface area contributed by atoms with Crippen molar-refractivity contribution in [3.63, 3.8) is 0 Å². The molecule has 0 aliphatic heterocycles. The molecule has 0 radical (unpaired) electrons. The van der Waals surface area contributed by atoms with E-state index in [-0.39, 0.29) is 12.1 Å². The summed E-state index contributed by atoms with van der Waals surface area (Å²) in [5.41, 5.74) is 3.59. The average Bonchev–Trinajstić information content (AvgIpc) is 2.93. The molecule has 0 saturated carbocycles. The van der Waals surface area contributed by atoms with Crippen LogP contribution in [0.25, 0.3) is 0 Å². The molecule has 1 aromatic rings. The Labute approximate surface area is 103 Å². The number of benzene rings is 1. The van der Waals surface area contributed by atoms with Gasteiger partial charge in [0.05, 0.1) is 0 Å². The van der Waals surface area contributed by atoms with Crippen LogP contribution in [0.3, 0.4) is 0 Å². The van der Waals surface area contributed by atoms with E-state index in [1.807, 2.05) is 24.3 Å². The molecule has 0 spiro atoms. The standard InChI is InChI=1S/C13H13BrO2/c1-8-7-12(8)13(16-9(2)15)10-3-5-11(14)6-4-10/h3-6,13H,7H2,1-2H3/t13-/m1/s1. The summed E-state index contributed by atoms with van der Waals surface area (Å²) in [5, 5.41) is 0. The third kappa shape index (κ3) is 2.53. The van der Waals surface area contributed by atoms with Crippen LogP contribution in [0.5, 0.6) is 0 Å². The number of halogens is 1. The first-order valence-corrected chi connectivity index (χ1v) is 5.98. The van der Waals surface area contributed by atoms with E-state index >= 15 is 0 Å². The van der Waals surface area contributed by atoms with Crippen LogP contribution in [0.1, 0.15) is 31.9 Å². The predicted molar refractivity (Wildman–Crippen MR) is 66.0 cm³/mol. The molecule has 0 aromatic heterocycles. The molecule has 2 nitrogen and oxygen atoms in total. The van der Waals surface area contributed by atoms with Gasteiger partial charge in [-0.1, -0.05) is 33.6 Å². The molecule has 16 heavy (non-hydrogen) atoms. The summed E-state index contributed by atoms with van der Waals surface area (Å²) in [5.74, 6) is -0.236. The summed E-state index contributed by atoms with van der Waals surface area (Å²) < 4.78 is 6.39. The largest absolute Gasteiger partial charge is 0.453 e. The van der Waals surface area contributed by atoms with Gasteiger partial charge in [-0.05, 0) is 36.6 Å². The second kappa shape index (κ2) is 4.42. The van der Waals surface area contributed by atoms with Crippen LogP contribution in [-0.2, 0) is 9.53 Å². The van der Waals surface area contributed by atoms with Crippen LogP contribution in [0.2, 0.25) is 0 Å². The minimum absolute atomic E-state index is 0.189. The Hall–Kier alpha value is -1.09. The number of carbonyl (C=O) groups excluding carboxylic acids is 1. The molecule has 0 heterocycles. The summed E-state index contributed by atoms with van der Waals surface area (Å²) in [6.45, 7) is 3.52. The van der Waals surface area contributed by atoms with Gasteiger partial charge in [0.25, 0.3) is 0 Å². The number of ether oxygens (including phenoxy) is 1. The lowest BCUT2D eigenvalue weighted by atomic mass is 10.1. The first-order valence-electron chi connectivity index (χ1n) is 5.19. The Morgan fingerprint density at radius 1 is 1.38 bits per heavy atom. The first kappa shape index (κ1) is 11.4.